The van der Waals surface area contributed by atoms with Crippen LogP contribution in [0.3, 0.4) is 0 Å². The van der Waals surface area contributed by atoms with Crippen molar-refractivity contribution in [1.29, 1.82) is 0 Å². The van der Waals surface area contributed by atoms with Crippen molar-refractivity contribution in [1.82, 2.24) is 19.5 Å². The van der Waals surface area contributed by atoms with E-state index in [0.29, 0.717) is 35.8 Å². The van der Waals surface area contributed by atoms with Gasteiger partial charge in [-0.05, 0) is 44.0 Å². The van der Waals surface area contributed by atoms with E-state index in [9.17, 15) is 18.0 Å². The molecule has 0 N–H and O–H groups in total. The summed E-state index contributed by atoms with van der Waals surface area (Å²) in [6.07, 6.45) is -3.08. The molecule has 0 radical (unpaired) electrons. The summed E-state index contributed by atoms with van der Waals surface area (Å²) in [6.45, 7) is 2.59. The van der Waals surface area contributed by atoms with Crippen molar-refractivity contribution in [2.75, 3.05) is 19.9 Å². The second-order valence-corrected chi connectivity index (χ2v) is 7.78. The number of benzene rings is 1. The van der Waals surface area contributed by atoms with E-state index in [-0.39, 0.29) is 30.0 Å². The lowest BCUT2D eigenvalue weighted by atomic mass is 9.94. The molecule has 1 saturated heterocycles. The second-order valence-electron chi connectivity index (χ2n) is 7.78. The average molecular weight is 432 g/mol. The van der Waals surface area contributed by atoms with E-state index in [1.807, 2.05) is 0 Å². The van der Waals surface area contributed by atoms with Crippen molar-refractivity contribution in [2.45, 2.75) is 31.9 Å². The molecule has 2 aliphatic heterocycles. The monoisotopic (exact) mass is 432 g/mol. The number of amides is 1. The van der Waals surface area contributed by atoms with Crippen LogP contribution in [0.5, 0.6) is 11.5 Å². The van der Waals surface area contributed by atoms with Crippen LogP contribution in [0.1, 0.15) is 46.2 Å². The molecule has 1 aromatic carbocycles. The maximum atomic E-state index is 13.4. The standard InChI is InChI=1S/C21H19F3N4O3/c1-12-7-18(21(22,23)24)28-19(25-12)9-15(26-28)14-3-2-6-27(10-14)20(29)13-4-5-16-17(8-13)31-11-30-16/h4-5,7-9,14H,2-3,6,10-11H2,1H3/t14-/m0/s1. The van der Waals surface area contributed by atoms with Gasteiger partial charge in [0.25, 0.3) is 5.91 Å². The molecule has 10 heteroatoms. The Morgan fingerprint density at radius 3 is 2.77 bits per heavy atom. The van der Waals surface area contributed by atoms with E-state index >= 15 is 0 Å². The molecule has 5 rings (SSSR count). The minimum atomic E-state index is -4.54. The zero-order valence-corrected chi connectivity index (χ0v) is 16.6. The number of rotatable bonds is 2. The summed E-state index contributed by atoms with van der Waals surface area (Å²) in [5, 5.41) is 4.22. The molecular formula is C21H19F3N4O3. The zero-order chi connectivity index (χ0) is 21.8. The number of ether oxygens (including phenoxy) is 2. The van der Waals surface area contributed by atoms with Crippen LogP contribution >= 0.6 is 0 Å². The lowest BCUT2D eigenvalue weighted by Gasteiger charge is -2.32. The van der Waals surface area contributed by atoms with Crippen molar-refractivity contribution in [2.24, 2.45) is 0 Å². The number of nitrogens with zero attached hydrogens (tertiary/aromatic N) is 4. The molecule has 0 unspecified atom stereocenters. The minimum Gasteiger partial charge on any atom is -0.454 e. The van der Waals surface area contributed by atoms with Crippen LogP contribution in [0, 0.1) is 6.92 Å². The third kappa shape index (κ3) is 3.55. The summed E-state index contributed by atoms with van der Waals surface area (Å²) in [6, 6.07) is 7.61. The first-order chi connectivity index (χ1) is 14.8. The largest absolute Gasteiger partial charge is 0.454 e. The second kappa shape index (κ2) is 7.14. The number of aryl methyl sites for hydroxylation is 1. The summed E-state index contributed by atoms with van der Waals surface area (Å²) >= 11 is 0. The van der Waals surface area contributed by atoms with E-state index < -0.39 is 11.9 Å². The Balaban J connectivity index is 1.41. The molecular weight excluding hydrogens is 413 g/mol. The molecule has 4 heterocycles. The highest BCUT2D eigenvalue weighted by molar-refractivity contribution is 5.95. The van der Waals surface area contributed by atoms with Gasteiger partial charge < -0.3 is 14.4 Å². The fourth-order valence-corrected chi connectivity index (χ4v) is 4.13. The number of halogens is 3. The van der Waals surface area contributed by atoms with E-state index in [4.69, 9.17) is 9.47 Å². The number of hydrogen-bond donors (Lipinski definition) is 0. The molecule has 0 bridgehead atoms. The quantitative estimate of drug-likeness (QED) is 0.616. The average Bonchev–Trinajstić information content (AvgIpc) is 3.38. The van der Waals surface area contributed by atoms with Gasteiger partial charge in [-0.2, -0.15) is 18.3 Å². The summed E-state index contributed by atoms with van der Waals surface area (Å²) < 4.78 is 51.8. The molecule has 3 aromatic rings. The van der Waals surface area contributed by atoms with Crippen molar-refractivity contribution in [3.63, 3.8) is 0 Å². The molecule has 7 nitrogen and oxygen atoms in total. The molecule has 2 aromatic heterocycles. The van der Waals surface area contributed by atoms with Crippen LogP contribution in [-0.2, 0) is 6.18 Å². The van der Waals surface area contributed by atoms with E-state index in [1.54, 1.807) is 29.2 Å². The molecule has 0 saturated carbocycles. The number of piperidine rings is 1. The first-order valence-corrected chi connectivity index (χ1v) is 9.93. The van der Waals surface area contributed by atoms with Gasteiger partial charge in [0.05, 0.1) is 5.69 Å². The smallest absolute Gasteiger partial charge is 0.433 e. The Hall–Kier alpha value is -3.30. The Labute approximate surface area is 175 Å². The Bertz CT molecular complexity index is 1170. The van der Waals surface area contributed by atoms with Gasteiger partial charge in [-0.15, -0.1) is 0 Å². The number of carbonyl (C=O) groups is 1. The molecule has 31 heavy (non-hydrogen) atoms. The number of alkyl halides is 3. The summed E-state index contributed by atoms with van der Waals surface area (Å²) in [5.74, 6) is 0.799. The fourth-order valence-electron chi connectivity index (χ4n) is 4.13. The first-order valence-electron chi connectivity index (χ1n) is 9.93. The van der Waals surface area contributed by atoms with Crippen LogP contribution in [0.4, 0.5) is 13.2 Å². The predicted molar refractivity (Wildman–Crippen MR) is 103 cm³/mol. The Morgan fingerprint density at radius 1 is 1.16 bits per heavy atom. The summed E-state index contributed by atoms with van der Waals surface area (Å²) in [4.78, 5) is 18.9. The maximum Gasteiger partial charge on any atom is 0.433 e. The third-order valence-corrected chi connectivity index (χ3v) is 5.61. The number of fused-ring (bicyclic) bond motifs is 2. The van der Waals surface area contributed by atoms with Gasteiger partial charge >= 0.3 is 6.18 Å². The van der Waals surface area contributed by atoms with Crippen LogP contribution in [0.2, 0.25) is 0 Å². The molecule has 162 valence electrons. The van der Waals surface area contributed by atoms with Gasteiger partial charge in [0.15, 0.2) is 17.1 Å². The van der Waals surface area contributed by atoms with E-state index in [1.165, 1.54) is 6.92 Å². The molecule has 1 fully saturated rings. The van der Waals surface area contributed by atoms with Crippen LogP contribution in [0.15, 0.2) is 30.3 Å². The molecule has 1 amide bonds. The predicted octanol–water partition coefficient (Wildman–Crippen LogP) is 3.81. The van der Waals surface area contributed by atoms with Crippen LogP contribution in [0.25, 0.3) is 5.65 Å². The van der Waals surface area contributed by atoms with Crippen LogP contribution in [-0.4, -0.2) is 45.3 Å². The highest BCUT2D eigenvalue weighted by Crippen LogP contribution is 2.35. The highest BCUT2D eigenvalue weighted by Gasteiger charge is 2.36. The fraction of sp³-hybridized carbons (Fsp3) is 0.381. The van der Waals surface area contributed by atoms with Gasteiger partial charge in [0, 0.05) is 36.3 Å². The van der Waals surface area contributed by atoms with Gasteiger partial charge in [-0.1, -0.05) is 0 Å². The topological polar surface area (TPSA) is 69.0 Å². The van der Waals surface area contributed by atoms with Crippen LogP contribution < -0.4 is 9.47 Å². The van der Waals surface area contributed by atoms with E-state index in [0.717, 1.165) is 23.4 Å². The number of likely N-dealkylation sites (tertiary alicyclic amines) is 1. The lowest BCUT2D eigenvalue weighted by Crippen LogP contribution is -2.39. The minimum absolute atomic E-state index is 0.125. The summed E-state index contributed by atoms with van der Waals surface area (Å²) in [7, 11) is 0. The molecule has 0 spiro atoms. The highest BCUT2D eigenvalue weighted by atomic mass is 19.4. The number of hydrogen-bond acceptors (Lipinski definition) is 5. The zero-order valence-electron chi connectivity index (χ0n) is 16.6. The summed E-state index contributed by atoms with van der Waals surface area (Å²) in [5.41, 5.74) is 0.560. The maximum absolute atomic E-state index is 13.4. The van der Waals surface area contributed by atoms with Crippen molar-refractivity contribution in [3.8, 4) is 11.5 Å². The van der Waals surface area contributed by atoms with Gasteiger partial charge in [-0.25, -0.2) is 9.50 Å². The number of aromatic nitrogens is 3. The molecule has 2 aliphatic rings. The Kier molecular flexibility index (Phi) is 4.53. The molecule has 0 aliphatic carbocycles. The third-order valence-electron chi connectivity index (χ3n) is 5.61. The molecule has 1 atom stereocenters. The first kappa shape index (κ1) is 19.7. The number of carbonyl (C=O) groups excluding carboxylic acids is 1. The van der Waals surface area contributed by atoms with Gasteiger partial charge in [-0.3, -0.25) is 4.79 Å². The SMILES string of the molecule is Cc1cc(C(F)(F)F)n2nc([C@H]3CCCN(C(=O)c4ccc5c(c4)OCO5)C3)cc2n1. The van der Waals surface area contributed by atoms with Crippen molar-refractivity contribution < 1.29 is 27.4 Å². The van der Waals surface area contributed by atoms with Gasteiger partial charge in [0.2, 0.25) is 6.79 Å². The van der Waals surface area contributed by atoms with Crippen molar-refractivity contribution in [3.05, 3.63) is 53.0 Å². The van der Waals surface area contributed by atoms with E-state index in [2.05, 4.69) is 10.1 Å². The lowest BCUT2D eigenvalue weighted by molar-refractivity contribution is -0.142. The Morgan fingerprint density at radius 2 is 1.97 bits per heavy atom. The van der Waals surface area contributed by atoms with Gasteiger partial charge in [0.1, 0.15) is 5.69 Å². The van der Waals surface area contributed by atoms with Crippen molar-refractivity contribution >= 4 is 11.6 Å². The normalized spacial score (nSPS) is 18.6.